The van der Waals surface area contributed by atoms with Gasteiger partial charge >= 0.3 is 0 Å². The topological polar surface area (TPSA) is 25.2 Å². The lowest BCUT2D eigenvalue weighted by Gasteiger charge is -2.07. The summed E-state index contributed by atoms with van der Waals surface area (Å²) < 4.78 is 6.22. The first-order valence-corrected chi connectivity index (χ1v) is 10.1. The molecule has 0 amide bonds. The van der Waals surface area contributed by atoms with Gasteiger partial charge in [0.2, 0.25) is 0 Å². The van der Waals surface area contributed by atoms with Crippen LogP contribution in [0.15, 0.2) is 71.1 Å². The number of furan rings is 1. The van der Waals surface area contributed by atoms with E-state index in [1.54, 1.807) is 0 Å². The quantitative estimate of drug-likeness (QED) is 0.345. The van der Waals surface area contributed by atoms with E-state index in [0.29, 0.717) is 0 Å². The molecule has 0 bridgehead atoms. The number of hydrogen-bond donors (Lipinski definition) is 1. The van der Waals surface area contributed by atoms with Gasteiger partial charge in [-0.2, -0.15) is 0 Å². The highest BCUT2D eigenvalue weighted by molar-refractivity contribution is 6.31. The van der Waals surface area contributed by atoms with Crippen molar-refractivity contribution in [2.45, 2.75) is 19.9 Å². The van der Waals surface area contributed by atoms with Gasteiger partial charge in [0.1, 0.15) is 11.3 Å². The van der Waals surface area contributed by atoms with Crippen molar-refractivity contribution in [3.05, 3.63) is 93.7 Å². The van der Waals surface area contributed by atoms with Gasteiger partial charge in [0.05, 0.1) is 0 Å². The van der Waals surface area contributed by atoms with Gasteiger partial charge in [-0.25, -0.2) is 0 Å². The van der Waals surface area contributed by atoms with Crippen LogP contribution in [0.25, 0.3) is 22.1 Å². The van der Waals surface area contributed by atoms with Crippen molar-refractivity contribution in [2.24, 2.45) is 0 Å². The van der Waals surface area contributed by atoms with E-state index in [4.69, 9.17) is 27.6 Å². The smallest absolute Gasteiger partial charge is 0.134 e. The fraction of sp³-hybridized carbons (Fsp3) is 0.167. The molecule has 0 atom stereocenters. The first kappa shape index (κ1) is 19.1. The summed E-state index contributed by atoms with van der Waals surface area (Å²) in [4.78, 5) is 0. The fourth-order valence-electron chi connectivity index (χ4n) is 3.44. The number of nitrogens with one attached hydrogen (secondary N) is 1. The van der Waals surface area contributed by atoms with E-state index < -0.39 is 0 Å². The van der Waals surface area contributed by atoms with Gasteiger partial charge in [0.15, 0.2) is 0 Å². The lowest BCUT2D eigenvalue weighted by atomic mass is 10.00. The first-order valence-electron chi connectivity index (χ1n) is 9.34. The maximum Gasteiger partial charge on any atom is 0.134 e. The standard InChI is InChI=1S/C24H21Cl2NO/c1-16-6-11-22-20(14-16)24(17-7-9-19(25)10-8-17)23(28-22)12-13-27-15-18-4-2-3-5-21(18)26/h2-11,14,27H,12-13,15H2,1H3. The zero-order valence-electron chi connectivity index (χ0n) is 15.6. The summed E-state index contributed by atoms with van der Waals surface area (Å²) in [6.45, 7) is 3.63. The summed E-state index contributed by atoms with van der Waals surface area (Å²) >= 11 is 12.3. The Labute approximate surface area is 175 Å². The molecule has 4 rings (SSSR count). The SMILES string of the molecule is Cc1ccc2oc(CCNCc3ccccc3Cl)c(-c3ccc(Cl)cc3)c2c1. The number of aryl methyl sites for hydroxylation is 1. The molecule has 1 aromatic heterocycles. The van der Waals surface area contributed by atoms with Crippen LogP contribution in [-0.2, 0) is 13.0 Å². The summed E-state index contributed by atoms with van der Waals surface area (Å²) in [5.41, 5.74) is 5.50. The summed E-state index contributed by atoms with van der Waals surface area (Å²) in [5.74, 6) is 0.981. The Hall–Kier alpha value is -2.26. The summed E-state index contributed by atoms with van der Waals surface area (Å²) in [6, 6.07) is 22.2. The van der Waals surface area contributed by atoms with E-state index >= 15 is 0 Å². The van der Waals surface area contributed by atoms with Crippen molar-refractivity contribution in [1.29, 1.82) is 0 Å². The van der Waals surface area contributed by atoms with E-state index in [2.05, 4.69) is 36.5 Å². The third-order valence-electron chi connectivity index (χ3n) is 4.85. The van der Waals surface area contributed by atoms with Crippen molar-refractivity contribution >= 4 is 34.2 Å². The normalized spacial score (nSPS) is 11.2. The minimum Gasteiger partial charge on any atom is -0.460 e. The molecule has 0 unspecified atom stereocenters. The monoisotopic (exact) mass is 409 g/mol. The zero-order chi connectivity index (χ0) is 19.5. The third-order valence-corrected chi connectivity index (χ3v) is 5.47. The molecular formula is C24H21Cl2NO. The number of benzene rings is 3. The van der Waals surface area contributed by atoms with Crippen LogP contribution < -0.4 is 5.32 Å². The van der Waals surface area contributed by atoms with Gasteiger partial charge in [0, 0.05) is 40.5 Å². The summed E-state index contributed by atoms with van der Waals surface area (Å²) in [5, 5.41) is 6.13. The Balaban J connectivity index is 1.58. The Morgan fingerprint density at radius 2 is 1.71 bits per heavy atom. The second-order valence-corrected chi connectivity index (χ2v) is 7.77. The number of fused-ring (bicyclic) bond motifs is 1. The van der Waals surface area contributed by atoms with Gasteiger partial charge in [-0.3, -0.25) is 0 Å². The minimum absolute atomic E-state index is 0.731. The van der Waals surface area contributed by atoms with E-state index in [1.807, 2.05) is 42.5 Å². The van der Waals surface area contributed by atoms with Crippen LogP contribution >= 0.6 is 23.2 Å². The highest BCUT2D eigenvalue weighted by atomic mass is 35.5. The zero-order valence-corrected chi connectivity index (χ0v) is 17.1. The molecule has 0 radical (unpaired) electrons. The first-order chi connectivity index (χ1) is 13.6. The Morgan fingerprint density at radius 3 is 2.50 bits per heavy atom. The summed E-state index contributed by atoms with van der Waals surface area (Å²) in [6.07, 6.45) is 0.788. The molecule has 0 saturated carbocycles. The van der Waals surface area contributed by atoms with Gasteiger partial charge in [0.25, 0.3) is 0 Å². The molecule has 1 heterocycles. The van der Waals surface area contributed by atoms with Crippen LogP contribution in [0, 0.1) is 6.92 Å². The lowest BCUT2D eigenvalue weighted by molar-refractivity contribution is 0.534. The molecule has 4 aromatic rings. The number of halogens is 2. The van der Waals surface area contributed by atoms with Crippen molar-refractivity contribution in [3.8, 4) is 11.1 Å². The predicted octanol–water partition coefficient (Wildman–Crippen LogP) is 7.05. The Kier molecular flexibility index (Phi) is 5.72. The van der Waals surface area contributed by atoms with Crippen LogP contribution in [0.4, 0.5) is 0 Å². The molecule has 1 N–H and O–H groups in total. The van der Waals surface area contributed by atoms with Crippen molar-refractivity contribution in [3.63, 3.8) is 0 Å². The molecule has 3 aromatic carbocycles. The van der Waals surface area contributed by atoms with Gasteiger partial charge in [-0.1, -0.05) is 65.2 Å². The van der Waals surface area contributed by atoms with Crippen LogP contribution in [-0.4, -0.2) is 6.54 Å². The highest BCUT2D eigenvalue weighted by Crippen LogP contribution is 2.36. The van der Waals surface area contributed by atoms with Crippen LogP contribution in [0.3, 0.4) is 0 Å². The average Bonchev–Trinajstić information content (AvgIpc) is 3.04. The van der Waals surface area contributed by atoms with Crippen molar-refractivity contribution < 1.29 is 4.42 Å². The maximum atomic E-state index is 6.24. The molecule has 0 spiro atoms. The molecule has 0 aliphatic carbocycles. The average molecular weight is 410 g/mol. The van der Waals surface area contributed by atoms with Crippen molar-refractivity contribution in [2.75, 3.05) is 6.54 Å². The molecule has 4 heteroatoms. The second kappa shape index (κ2) is 8.40. The highest BCUT2D eigenvalue weighted by Gasteiger charge is 2.16. The molecule has 0 aliphatic rings. The molecule has 0 aliphatic heterocycles. The van der Waals surface area contributed by atoms with E-state index in [0.717, 1.165) is 63.0 Å². The molecule has 0 saturated heterocycles. The van der Waals surface area contributed by atoms with Crippen LogP contribution in [0.1, 0.15) is 16.9 Å². The van der Waals surface area contributed by atoms with Crippen LogP contribution in [0.2, 0.25) is 10.0 Å². The molecular weight excluding hydrogens is 389 g/mol. The molecule has 28 heavy (non-hydrogen) atoms. The molecule has 0 fully saturated rings. The second-order valence-electron chi connectivity index (χ2n) is 6.92. The van der Waals surface area contributed by atoms with E-state index in [1.165, 1.54) is 5.56 Å². The van der Waals surface area contributed by atoms with Crippen molar-refractivity contribution in [1.82, 2.24) is 5.32 Å². The number of rotatable bonds is 6. The predicted molar refractivity (Wildman–Crippen MR) is 118 cm³/mol. The van der Waals surface area contributed by atoms with E-state index in [9.17, 15) is 0 Å². The largest absolute Gasteiger partial charge is 0.460 e. The Bertz CT molecular complexity index is 1100. The Morgan fingerprint density at radius 1 is 0.929 bits per heavy atom. The maximum absolute atomic E-state index is 6.24. The minimum atomic E-state index is 0.731. The van der Waals surface area contributed by atoms with Gasteiger partial charge in [-0.15, -0.1) is 0 Å². The lowest BCUT2D eigenvalue weighted by Crippen LogP contribution is -2.16. The third kappa shape index (κ3) is 4.10. The van der Waals surface area contributed by atoms with Gasteiger partial charge < -0.3 is 9.73 Å². The molecule has 142 valence electrons. The fourth-order valence-corrected chi connectivity index (χ4v) is 3.77. The van der Waals surface area contributed by atoms with E-state index in [-0.39, 0.29) is 0 Å². The summed E-state index contributed by atoms with van der Waals surface area (Å²) in [7, 11) is 0. The van der Waals surface area contributed by atoms with Gasteiger partial charge in [-0.05, 0) is 48.4 Å². The van der Waals surface area contributed by atoms with Crippen LogP contribution in [0.5, 0.6) is 0 Å². The molecule has 2 nitrogen and oxygen atoms in total. The number of hydrogen-bond acceptors (Lipinski definition) is 2.